The van der Waals surface area contributed by atoms with Gasteiger partial charge in [-0.05, 0) is 24.5 Å². The number of nitrogens with zero attached hydrogens (tertiary/aromatic N) is 3. The topological polar surface area (TPSA) is 90.7 Å². The lowest BCUT2D eigenvalue weighted by atomic mass is 10.2. The first kappa shape index (κ1) is 14.8. The van der Waals surface area contributed by atoms with E-state index < -0.39 is 0 Å². The second kappa shape index (κ2) is 6.72. The summed E-state index contributed by atoms with van der Waals surface area (Å²) in [6.45, 7) is 0. The molecule has 6 nitrogen and oxygen atoms in total. The van der Waals surface area contributed by atoms with Crippen LogP contribution in [0.3, 0.4) is 0 Å². The lowest BCUT2D eigenvalue weighted by molar-refractivity contribution is 0.0963. The van der Waals surface area contributed by atoms with E-state index in [2.05, 4.69) is 26.7 Å². The fraction of sp³-hybridized carbons (Fsp3) is 0.143. The van der Waals surface area contributed by atoms with Gasteiger partial charge in [0.2, 0.25) is 0 Å². The molecule has 0 bridgehead atoms. The van der Waals surface area contributed by atoms with Gasteiger partial charge in [-0.2, -0.15) is 5.26 Å². The van der Waals surface area contributed by atoms with Gasteiger partial charge < -0.3 is 10.6 Å². The Morgan fingerprint density at radius 3 is 2.86 bits per heavy atom. The molecule has 2 N–H and O–H groups in total. The van der Waals surface area contributed by atoms with Gasteiger partial charge in [0.15, 0.2) is 5.82 Å². The summed E-state index contributed by atoms with van der Waals surface area (Å²) in [7, 11) is 1.57. The molecule has 7 heteroatoms. The van der Waals surface area contributed by atoms with E-state index in [0.29, 0.717) is 27.7 Å². The van der Waals surface area contributed by atoms with Crippen molar-refractivity contribution in [3.63, 3.8) is 0 Å². The average Bonchev–Trinajstić information content (AvgIpc) is 2.54. The molecule has 106 valence electrons. The van der Waals surface area contributed by atoms with Crippen LogP contribution in [-0.2, 0) is 0 Å². The molecule has 0 saturated heterocycles. The van der Waals surface area contributed by atoms with Gasteiger partial charge in [0, 0.05) is 18.3 Å². The molecule has 1 aromatic carbocycles. The fourth-order valence-corrected chi connectivity index (χ4v) is 2.24. The molecule has 1 amide bonds. The van der Waals surface area contributed by atoms with Gasteiger partial charge in [-0.15, -0.1) is 11.8 Å². The summed E-state index contributed by atoms with van der Waals surface area (Å²) in [4.78, 5) is 19.8. The normalized spacial score (nSPS) is 9.76. The van der Waals surface area contributed by atoms with E-state index in [1.807, 2.05) is 6.26 Å². The highest BCUT2D eigenvalue weighted by Crippen LogP contribution is 2.25. The molecule has 0 fully saturated rings. The molecule has 1 heterocycles. The monoisotopic (exact) mass is 299 g/mol. The molecule has 0 saturated carbocycles. The highest BCUT2D eigenvalue weighted by Gasteiger charge is 2.11. The van der Waals surface area contributed by atoms with E-state index in [-0.39, 0.29) is 5.91 Å². The number of amides is 1. The number of nitrogens with one attached hydrogen (secondary N) is 2. The van der Waals surface area contributed by atoms with Gasteiger partial charge in [0.05, 0.1) is 0 Å². The van der Waals surface area contributed by atoms with Crippen molar-refractivity contribution < 1.29 is 4.79 Å². The second-order valence-corrected chi connectivity index (χ2v) is 4.80. The van der Waals surface area contributed by atoms with Crippen LogP contribution >= 0.6 is 11.8 Å². The number of nitriles is 1. The van der Waals surface area contributed by atoms with Crippen molar-refractivity contribution in [3.05, 3.63) is 41.7 Å². The smallest absolute Gasteiger partial charge is 0.251 e. The van der Waals surface area contributed by atoms with Crippen molar-refractivity contribution in [1.82, 2.24) is 15.3 Å². The fourth-order valence-electron chi connectivity index (χ4n) is 1.74. The molecule has 0 aliphatic carbocycles. The summed E-state index contributed by atoms with van der Waals surface area (Å²) in [6, 6.07) is 9.06. The average molecular weight is 299 g/mol. The minimum Gasteiger partial charge on any atom is -0.355 e. The molecule has 0 atom stereocenters. The maximum Gasteiger partial charge on any atom is 0.251 e. The minimum atomic E-state index is -0.174. The third-order valence-corrected chi connectivity index (χ3v) is 3.43. The summed E-state index contributed by atoms with van der Waals surface area (Å²) < 4.78 is 0. The predicted molar refractivity (Wildman–Crippen MR) is 81.6 cm³/mol. The molecule has 1 aromatic heterocycles. The summed E-state index contributed by atoms with van der Waals surface area (Å²) >= 11 is 1.38. The zero-order valence-electron chi connectivity index (χ0n) is 11.5. The quantitative estimate of drug-likeness (QED) is 0.664. The Balaban J connectivity index is 2.35. The first-order chi connectivity index (χ1) is 10.2. The molecule has 0 unspecified atom stereocenters. The molecular formula is C14H13N5OS. The number of aromatic nitrogens is 2. The Kier molecular flexibility index (Phi) is 4.74. The summed E-state index contributed by atoms with van der Waals surface area (Å²) in [5.74, 6) is 0.248. The lowest BCUT2D eigenvalue weighted by Gasteiger charge is -2.09. The number of carbonyl (C=O) groups is 1. The molecule has 0 aliphatic heterocycles. The molecule has 2 rings (SSSR count). The predicted octanol–water partition coefficient (Wildman–Crippen LogP) is 2.17. The van der Waals surface area contributed by atoms with E-state index in [9.17, 15) is 10.1 Å². The van der Waals surface area contributed by atoms with Crippen LogP contribution in [0.25, 0.3) is 0 Å². The molecule has 0 aliphatic rings. The van der Waals surface area contributed by atoms with Crippen molar-refractivity contribution in [1.29, 1.82) is 5.26 Å². The van der Waals surface area contributed by atoms with Crippen LogP contribution in [0.15, 0.2) is 35.6 Å². The largest absolute Gasteiger partial charge is 0.355 e. The molecule has 2 aromatic rings. The number of carbonyl (C=O) groups excluding carboxylic acids is 1. The number of hydrogen-bond acceptors (Lipinski definition) is 6. The Morgan fingerprint density at radius 2 is 2.19 bits per heavy atom. The van der Waals surface area contributed by atoms with Gasteiger partial charge in [-0.3, -0.25) is 4.79 Å². The number of benzene rings is 1. The van der Waals surface area contributed by atoms with Gasteiger partial charge in [0.25, 0.3) is 5.91 Å². The molecule has 21 heavy (non-hydrogen) atoms. The highest BCUT2D eigenvalue weighted by molar-refractivity contribution is 7.98. The Labute approximate surface area is 126 Å². The third kappa shape index (κ3) is 3.30. The SMILES string of the molecule is CNC(=O)c1cccc(Nc2ncnc(SC)c2C#N)c1. The van der Waals surface area contributed by atoms with Crippen molar-refractivity contribution in [2.75, 3.05) is 18.6 Å². The number of thioether (sulfide) groups is 1. The van der Waals surface area contributed by atoms with Gasteiger partial charge in [-0.1, -0.05) is 6.07 Å². The van der Waals surface area contributed by atoms with E-state index in [0.717, 1.165) is 0 Å². The van der Waals surface area contributed by atoms with Crippen molar-refractivity contribution in [2.24, 2.45) is 0 Å². The van der Waals surface area contributed by atoms with Gasteiger partial charge in [-0.25, -0.2) is 9.97 Å². The van der Waals surface area contributed by atoms with Crippen LogP contribution in [0.2, 0.25) is 0 Å². The van der Waals surface area contributed by atoms with Crippen LogP contribution in [-0.4, -0.2) is 29.2 Å². The molecule has 0 radical (unpaired) electrons. The zero-order valence-corrected chi connectivity index (χ0v) is 12.4. The maximum absolute atomic E-state index is 11.6. The lowest BCUT2D eigenvalue weighted by Crippen LogP contribution is -2.17. The van der Waals surface area contributed by atoms with Crippen molar-refractivity contribution in [2.45, 2.75) is 5.03 Å². The Bertz CT molecular complexity index is 711. The third-order valence-electron chi connectivity index (χ3n) is 2.73. The first-order valence-electron chi connectivity index (χ1n) is 6.08. The van der Waals surface area contributed by atoms with E-state index >= 15 is 0 Å². The Hall–Kier alpha value is -2.59. The van der Waals surface area contributed by atoms with E-state index in [1.165, 1.54) is 18.1 Å². The standard InChI is InChI=1S/C14H13N5OS/c1-16-13(20)9-4-3-5-10(6-9)19-12-11(7-15)14(21-2)18-8-17-12/h3-6,8H,1-2H3,(H,16,20)(H,17,18,19). The summed E-state index contributed by atoms with van der Waals surface area (Å²) in [5, 5.41) is 15.5. The van der Waals surface area contributed by atoms with Crippen molar-refractivity contribution in [3.8, 4) is 6.07 Å². The van der Waals surface area contributed by atoms with Crippen LogP contribution in [0.5, 0.6) is 0 Å². The Morgan fingerprint density at radius 1 is 1.38 bits per heavy atom. The number of hydrogen-bond donors (Lipinski definition) is 2. The van der Waals surface area contributed by atoms with Gasteiger partial charge >= 0.3 is 0 Å². The molecule has 0 spiro atoms. The second-order valence-electron chi connectivity index (χ2n) is 4.00. The van der Waals surface area contributed by atoms with Crippen LogP contribution in [0, 0.1) is 11.3 Å². The van der Waals surface area contributed by atoms with E-state index in [1.54, 1.807) is 31.3 Å². The minimum absolute atomic E-state index is 0.174. The van der Waals surface area contributed by atoms with Crippen LogP contribution in [0.1, 0.15) is 15.9 Å². The van der Waals surface area contributed by atoms with Gasteiger partial charge in [0.1, 0.15) is 23.0 Å². The van der Waals surface area contributed by atoms with Crippen LogP contribution < -0.4 is 10.6 Å². The van der Waals surface area contributed by atoms with Crippen LogP contribution in [0.4, 0.5) is 11.5 Å². The number of anilines is 2. The zero-order chi connectivity index (χ0) is 15.2. The molecular weight excluding hydrogens is 286 g/mol. The highest BCUT2D eigenvalue weighted by atomic mass is 32.2. The first-order valence-corrected chi connectivity index (χ1v) is 7.30. The maximum atomic E-state index is 11.6. The van der Waals surface area contributed by atoms with E-state index in [4.69, 9.17) is 0 Å². The summed E-state index contributed by atoms with van der Waals surface area (Å²) in [6.07, 6.45) is 3.25. The van der Waals surface area contributed by atoms with Crippen molar-refractivity contribution >= 4 is 29.2 Å². The summed E-state index contributed by atoms with van der Waals surface area (Å²) in [5.41, 5.74) is 1.59. The number of rotatable bonds is 4.